The molecule has 3 atom stereocenters. The van der Waals surface area contributed by atoms with Gasteiger partial charge in [0.1, 0.15) is 12.3 Å². The molecule has 2 amide bonds. The van der Waals surface area contributed by atoms with Crippen LogP contribution >= 0.6 is 0 Å². The molecule has 0 radical (unpaired) electrons. The molecule has 0 spiro atoms. The van der Waals surface area contributed by atoms with Gasteiger partial charge in [-0.3, -0.25) is 9.59 Å². The summed E-state index contributed by atoms with van der Waals surface area (Å²) in [5.41, 5.74) is 0. The Morgan fingerprint density at radius 1 is 1.05 bits per heavy atom. The lowest BCUT2D eigenvalue weighted by Crippen LogP contribution is -2.53. The highest BCUT2D eigenvalue weighted by Gasteiger charge is 2.27. The Morgan fingerprint density at radius 2 is 1.62 bits per heavy atom. The van der Waals surface area contributed by atoms with Crippen LogP contribution in [0.1, 0.15) is 54.4 Å². The maximum absolute atomic E-state index is 12.3. The molecule has 0 aliphatic heterocycles. The second kappa shape index (κ2) is 9.53. The molecule has 0 aromatic carbocycles. The molecule has 0 aromatic rings. The van der Waals surface area contributed by atoms with Gasteiger partial charge in [0.25, 0.3) is 0 Å². The largest absolute Gasteiger partial charge is 0.345 e. The molecule has 21 heavy (non-hydrogen) atoms. The first-order valence-electron chi connectivity index (χ1n) is 7.77. The fourth-order valence-corrected chi connectivity index (χ4v) is 1.96. The lowest BCUT2D eigenvalue weighted by molar-refractivity contribution is -0.131. The summed E-state index contributed by atoms with van der Waals surface area (Å²) in [5.74, 6) is -0.149. The van der Waals surface area contributed by atoms with Gasteiger partial charge in [-0.05, 0) is 17.8 Å². The fraction of sp³-hybridized carbons (Fsp3) is 0.812. The van der Waals surface area contributed by atoms with Crippen molar-refractivity contribution < 1.29 is 14.4 Å². The minimum Gasteiger partial charge on any atom is -0.345 e. The summed E-state index contributed by atoms with van der Waals surface area (Å²) in [6.07, 6.45) is 1.95. The molecular weight excluding hydrogens is 268 g/mol. The molecule has 0 saturated carbocycles. The number of hydrogen-bond donors (Lipinski definition) is 2. The highest BCUT2D eigenvalue weighted by atomic mass is 16.2. The molecule has 0 rings (SSSR count). The minimum absolute atomic E-state index is 0.0367. The topological polar surface area (TPSA) is 75.3 Å². The highest BCUT2D eigenvalue weighted by Crippen LogP contribution is 2.09. The summed E-state index contributed by atoms with van der Waals surface area (Å²) >= 11 is 0. The van der Waals surface area contributed by atoms with Gasteiger partial charge < -0.3 is 15.4 Å². The zero-order chi connectivity index (χ0) is 16.6. The van der Waals surface area contributed by atoms with Crippen molar-refractivity contribution in [2.24, 2.45) is 17.8 Å². The lowest BCUT2D eigenvalue weighted by Gasteiger charge is -2.26. The molecule has 0 aliphatic carbocycles. The molecule has 0 saturated heterocycles. The van der Waals surface area contributed by atoms with E-state index in [2.05, 4.69) is 10.6 Å². The summed E-state index contributed by atoms with van der Waals surface area (Å²) in [6.45, 7) is 11.5. The molecule has 0 aliphatic rings. The van der Waals surface area contributed by atoms with E-state index < -0.39 is 12.1 Å². The zero-order valence-corrected chi connectivity index (χ0v) is 14.1. The van der Waals surface area contributed by atoms with E-state index in [4.69, 9.17) is 0 Å². The fourth-order valence-electron chi connectivity index (χ4n) is 1.96. The van der Waals surface area contributed by atoms with Crippen LogP contribution in [0.2, 0.25) is 0 Å². The zero-order valence-electron chi connectivity index (χ0n) is 14.1. The van der Waals surface area contributed by atoms with Gasteiger partial charge in [0.15, 0.2) is 0 Å². The van der Waals surface area contributed by atoms with Crippen LogP contribution in [0.15, 0.2) is 0 Å². The Bertz CT molecular complexity index is 353. The monoisotopic (exact) mass is 298 g/mol. The summed E-state index contributed by atoms with van der Waals surface area (Å²) in [5, 5.41) is 5.50. The summed E-state index contributed by atoms with van der Waals surface area (Å²) in [7, 11) is 0. The SMILES string of the molecule is CCC(C)C(C=O)NC(=O)C(NC(=O)CC(C)C)C(C)C. The Hall–Kier alpha value is -1.39. The molecule has 2 N–H and O–H groups in total. The van der Waals surface area contributed by atoms with Crippen molar-refractivity contribution >= 4 is 18.1 Å². The molecule has 122 valence electrons. The van der Waals surface area contributed by atoms with E-state index in [9.17, 15) is 14.4 Å². The molecule has 0 heterocycles. The van der Waals surface area contributed by atoms with Gasteiger partial charge in [0.2, 0.25) is 11.8 Å². The number of carbonyl (C=O) groups is 3. The maximum atomic E-state index is 12.3. The average molecular weight is 298 g/mol. The van der Waals surface area contributed by atoms with Crippen molar-refractivity contribution in [3.8, 4) is 0 Å². The third-order valence-corrected chi connectivity index (χ3v) is 3.57. The van der Waals surface area contributed by atoms with Crippen molar-refractivity contribution in [1.82, 2.24) is 10.6 Å². The number of aldehydes is 1. The third-order valence-electron chi connectivity index (χ3n) is 3.57. The predicted molar refractivity (Wildman–Crippen MR) is 83.7 cm³/mol. The standard InChI is InChI=1S/C16H30N2O3/c1-7-12(6)13(9-19)17-16(21)15(11(4)5)18-14(20)8-10(2)3/h9-13,15H,7-8H2,1-6H3,(H,17,21)(H,18,20). The van der Waals surface area contributed by atoms with Crippen LogP contribution in [0.5, 0.6) is 0 Å². The summed E-state index contributed by atoms with van der Waals surface area (Å²) in [4.78, 5) is 35.3. The number of rotatable bonds is 9. The van der Waals surface area contributed by atoms with E-state index in [-0.39, 0.29) is 29.6 Å². The van der Waals surface area contributed by atoms with Gasteiger partial charge in [-0.15, -0.1) is 0 Å². The first-order chi connectivity index (χ1) is 9.72. The molecule has 0 aromatic heterocycles. The number of amides is 2. The second-order valence-electron chi connectivity index (χ2n) is 6.44. The normalized spacial score (nSPS) is 15.4. The smallest absolute Gasteiger partial charge is 0.243 e. The average Bonchev–Trinajstić information content (AvgIpc) is 2.39. The Kier molecular flexibility index (Phi) is 8.90. The quantitative estimate of drug-likeness (QED) is 0.638. The number of hydrogen-bond acceptors (Lipinski definition) is 3. The van der Waals surface area contributed by atoms with Gasteiger partial charge in [0, 0.05) is 6.42 Å². The number of carbonyl (C=O) groups excluding carboxylic acids is 3. The van der Waals surface area contributed by atoms with E-state index in [0.717, 1.165) is 12.7 Å². The number of nitrogens with one attached hydrogen (secondary N) is 2. The minimum atomic E-state index is -0.609. The molecule has 0 bridgehead atoms. The van der Waals surface area contributed by atoms with Crippen molar-refractivity contribution in [3.63, 3.8) is 0 Å². The van der Waals surface area contributed by atoms with Gasteiger partial charge >= 0.3 is 0 Å². The van der Waals surface area contributed by atoms with Gasteiger partial charge in [0.05, 0.1) is 6.04 Å². The van der Waals surface area contributed by atoms with Crippen LogP contribution in [-0.2, 0) is 14.4 Å². The van der Waals surface area contributed by atoms with E-state index >= 15 is 0 Å². The first kappa shape index (κ1) is 19.6. The van der Waals surface area contributed by atoms with Crippen LogP contribution < -0.4 is 10.6 Å². The van der Waals surface area contributed by atoms with Crippen LogP contribution in [0, 0.1) is 17.8 Å². The van der Waals surface area contributed by atoms with Gasteiger partial charge in [-0.2, -0.15) is 0 Å². The lowest BCUT2D eigenvalue weighted by atomic mass is 9.98. The van der Waals surface area contributed by atoms with Crippen molar-refractivity contribution in [1.29, 1.82) is 0 Å². The predicted octanol–water partition coefficient (Wildman–Crippen LogP) is 1.90. The molecule has 5 heteroatoms. The Morgan fingerprint density at radius 3 is 2.00 bits per heavy atom. The van der Waals surface area contributed by atoms with Crippen LogP contribution in [0.25, 0.3) is 0 Å². The first-order valence-corrected chi connectivity index (χ1v) is 7.77. The van der Waals surface area contributed by atoms with E-state index in [1.165, 1.54) is 0 Å². The second-order valence-corrected chi connectivity index (χ2v) is 6.44. The van der Waals surface area contributed by atoms with Crippen LogP contribution in [0.3, 0.4) is 0 Å². The molecule has 0 fully saturated rings. The van der Waals surface area contributed by atoms with E-state index in [1.54, 1.807) is 0 Å². The highest BCUT2D eigenvalue weighted by molar-refractivity contribution is 5.89. The van der Waals surface area contributed by atoms with E-state index in [1.807, 2.05) is 41.5 Å². The van der Waals surface area contributed by atoms with Crippen LogP contribution in [0.4, 0.5) is 0 Å². The Balaban J connectivity index is 4.76. The summed E-state index contributed by atoms with van der Waals surface area (Å²) < 4.78 is 0. The van der Waals surface area contributed by atoms with Gasteiger partial charge in [-0.25, -0.2) is 0 Å². The van der Waals surface area contributed by atoms with Crippen LogP contribution in [-0.4, -0.2) is 30.2 Å². The third kappa shape index (κ3) is 7.25. The van der Waals surface area contributed by atoms with E-state index in [0.29, 0.717) is 6.42 Å². The van der Waals surface area contributed by atoms with Crippen molar-refractivity contribution in [2.75, 3.05) is 0 Å². The molecule has 5 nitrogen and oxygen atoms in total. The molecule has 3 unspecified atom stereocenters. The molecular formula is C16H30N2O3. The summed E-state index contributed by atoms with van der Waals surface area (Å²) in [6, 6.07) is -1.12. The maximum Gasteiger partial charge on any atom is 0.243 e. The van der Waals surface area contributed by atoms with Crippen molar-refractivity contribution in [2.45, 2.75) is 66.5 Å². The Labute approximate surface area is 128 Å². The van der Waals surface area contributed by atoms with Crippen molar-refractivity contribution in [3.05, 3.63) is 0 Å². The van der Waals surface area contributed by atoms with Gasteiger partial charge in [-0.1, -0.05) is 48.0 Å².